The molecule has 3 aliphatic rings. The fourth-order valence-electron chi connectivity index (χ4n) is 4.75. The normalized spacial score (nSPS) is 21.5. The van der Waals surface area contributed by atoms with Crippen LogP contribution in [0, 0.1) is 6.92 Å². The van der Waals surface area contributed by atoms with Gasteiger partial charge in [0.15, 0.2) is 0 Å². The van der Waals surface area contributed by atoms with E-state index in [1.54, 1.807) is 7.11 Å². The number of pyridine rings is 1. The summed E-state index contributed by atoms with van der Waals surface area (Å²) in [5, 5.41) is 6.70. The maximum Gasteiger partial charge on any atom is 0.241 e. The van der Waals surface area contributed by atoms with Crippen LogP contribution < -0.4 is 20.3 Å². The van der Waals surface area contributed by atoms with Gasteiger partial charge >= 0.3 is 0 Å². The molecule has 2 saturated heterocycles. The lowest BCUT2D eigenvalue weighted by Crippen LogP contribution is -2.36. The van der Waals surface area contributed by atoms with Gasteiger partial charge in [0.25, 0.3) is 0 Å². The zero-order chi connectivity index (χ0) is 25.5. The summed E-state index contributed by atoms with van der Waals surface area (Å²) in [5.41, 5.74) is 7.38. The molecule has 1 amide bonds. The minimum absolute atomic E-state index is 0.0820. The zero-order valence-corrected chi connectivity index (χ0v) is 21.3. The number of piperidine rings is 1. The second-order valence-corrected chi connectivity index (χ2v) is 9.12. The standard InChI is InChI=1S/C27H36N6O3/c1-19(14-23-6-9-32(10-12-35-4)25(34)17-30-23)13-22-18-33(8-5-21(22)15-28-3)24-16-31-27-26(20(24)2)29-7-11-36-27/h13-16,29-30H,1,3,5-12,17-18H2,2,4H3/b21-15-,22-13-,23-14-. The summed E-state index contributed by atoms with van der Waals surface area (Å²) < 4.78 is 10.8. The highest BCUT2D eigenvalue weighted by Crippen LogP contribution is 2.37. The number of nitrogens with zero attached hydrogens (tertiary/aromatic N) is 4. The highest BCUT2D eigenvalue weighted by molar-refractivity contribution is 5.79. The molecule has 1 aromatic heterocycles. The first-order valence-electron chi connectivity index (χ1n) is 12.4. The van der Waals surface area contributed by atoms with Crippen LogP contribution in [-0.4, -0.2) is 82.1 Å². The highest BCUT2D eigenvalue weighted by atomic mass is 16.5. The van der Waals surface area contributed by atoms with Crippen molar-refractivity contribution in [1.29, 1.82) is 0 Å². The molecule has 0 aliphatic carbocycles. The number of aromatic nitrogens is 1. The first-order chi connectivity index (χ1) is 17.5. The van der Waals surface area contributed by atoms with Gasteiger partial charge in [0.2, 0.25) is 11.8 Å². The summed E-state index contributed by atoms with van der Waals surface area (Å²) >= 11 is 0. The lowest BCUT2D eigenvalue weighted by atomic mass is 9.95. The van der Waals surface area contributed by atoms with Crippen LogP contribution in [-0.2, 0) is 9.53 Å². The van der Waals surface area contributed by atoms with Gasteiger partial charge in [0, 0.05) is 63.7 Å². The molecule has 0 radical (unpaired) electrons. The predicted molar refractivity (Wildman–Crippen MR) is 144 cm³/mol. The first-order valence-corrected chi connectivity index (χ1v) is 12.4. The second kappa shape index (κ2) is 11.9. The van der Waals surface area contributed by atoms with Crippen LogP contribution in [0.1, 0.15) is 18.4 Å². The maximum absolute atomic E-state index is 12.4. The van der Waals surface area contributed by atoms with Gasteiger partial charge in [0.05, 0.1) is 25.0 Å². The summed E-state index contributed by atoms with van der Waals surface area (Å²) in [6, 6.07) is 0. The zero-order valence-electron chi connectivity index (χ0n) is 21.3. The third-order valence-electron chi connectivity index (χ3n) is 6.69. The van der Waals surface area contributed by atoms with Gasteiger partial charge in [-0.3, -0.25) is 9.79 Å². The molecule has 4 heterocycles. The lowest BCUT2D eigenvalue weighted by molar-refractivity contribution is -0.130. The Morgan fingerprint density at radius 1 is 1.28 bits per heavy atom. The van der Waals surface area contributed by atoms with Crippen molar-refractivity contribution >= 4 is 24.0 Å². The van der Waals surface area contributed by atoms with Crippen molar-refractivity contribution < 1.29 is 14.3 Å². The summed E-state index contributed by atoms with van der Waals surface area (Å²) in [5.74, 6) is 0.750. The molecular formula is C27H36N6O3. The molecule has 36 heavy (non-hydrogen) atoms. The Bertz CT molecular complexity index is 1110. The Balaban J connectivity index is 1.51. The van der Waals surface area contributed by atoms with Crippen LogP contribution in [0.3, 0.4) is 0 Å². The molecule has 9 heteroatoms. The molecule has 0 atom stereocenters. The van der Waals surface area contributed by atoms with Crippen LogP contribution in [0.15, 0.2) is 58.5 Å². The van der Waals surface area contributed by atoms with Gasteiger partial charge < -0.3 is 29.9 Å². The Kier molecular flexibility index (Phi) is 8.43. The monoisotopic (exact) mass is 492 g/mol. The molecule has 2 N–H and O–H groups in total. The van der Waals surface area contributed by atoms with Gasteiger partial charge in [-0.15, -0.1) is 0 Å². The van der Waals surface area contributed by atoms with E-state index in [1.807, 2.05) is 23.4 Å². The lowest BCUT2D eigenvalue weighted by Gasteiger charge is -2.34. The largest absolute Gasteiger partial charge is 0.474 e. The Labute approximate surface area is 213 Å². The Morgan fingerprint density at radius 3 is 2.94 bits per heavy atom. The summed E-state index contributed by atoms with van der Waals surface area (Å²) in [7, 11) is 1.65. The number of allylic oxidation sites excluding steroid dienone is 3. The van der Waals surface area contributed by atoms with E-state index in [1.165, 1.54) is 0 Å². The number of carbonyl (C=O) groups excluding carboxylic acids is 1. The van der Waals surface area contributed by atoms with E-state index in [0.717, 1.165) is 65.3 Å². The van der Waals surface area contributed by atoms with Crippen molar-refractivity contribution in [3.05, 3.63) is 59.1 Å². The molecule has 0 unspecified atom stereocenters. The molecule has 0 spiro atoms. The summed E-state index contributed by atoms with van der Waals surface area (Å²) in [4.78, 5) is 25.1. The molecule has 0 saturated carbocycles. The van der Waals surface area contributed by atoms with E-state index in [9.17, 15) is 4.79 Å². The molecule has 9 nitrogen and oxygen atoms in total. The van der Waals surface area contributed by atoms with Crippen molar-refractivity contribution in [1.82, 2.24) is 15.2 Å². The highest BCUT2D eigenvalue weighted by Gasteiger charge is 2.24. The van der Waals surface area contributed by atoms with Crippen LogP contribution >= 0.6 is 0 Å². The predicted octanol–water partition coefficient (Wildman–Crippen LogP) is 2.82. The summed E-state index contributed by atoms with van der Waals surface area (Å²) in [6.45, 7) is 15.1. The van der Waals surface area contributed by atoms with Crippen LogP contribution in [0.2, 0.25) is 0 Å². The van der Waals surface area contributed by atoms with E-state index in [2.05, 4.69) is 51.8 Å². The van der Waals surface area contributed by atoms with E-state index >= 15 is 0 Å². The van der Waals surface area contributed by atoms with Gasteiger partial charge in [-0.2, -0.15) is 0 Å². The number of hydrogen-bond acceptors (Lipinski definition) is 8. The number of rotatable bonds is 7. The minimum Gasteiger partial charge on any atom is -0.474 e. The molecule has 0 aromatic carbocycles. The minimum atomic E-state index is 0.0820. The molecule has 4 rings (SSSR count). The van der Waals surface area contributed by atoms with Crippen molar-refractivity contribution in [2.75, 3.05) is 69.8 Å². The van der Waals surface area contributed by atoms with Crippen LogP contribution in [0.25, 0.3) is 0 Å². The van der Waals surface area contributed by atoms with Crippen molar-refractivity contribution in [3.8, 4) is 5.88 Å². The third-order valence-corrected chi connectivity index (χ3v) is 6.69. The number of amides is 1. The number of anilines is 2. The first kappa shape index (κ1) is 25.5. The van der Waals surface area contributed by atoms with Crippen LogP contribution in [0.5, 0.6) is 5.88 Å². The number of carbonyl (C=O) groups is 1. The number of nitrogens with one attached hydrogen (secondary N) is 2. The average molecular weight is 493 g/mol. The quantitative estimate of drug-likeness (QED) is 0.566. The van der Waals surface area contributed by atoms with E-state index in [4.69, 9.17) is 9.47 Å². The smallest absolute Gasteiger partial charge is 0.241 e. The fourth-order valence-corrected chi connectivity index (χ4v) is 4.75. The molecular weight excluding hydrogens is 456 g/mol. The average Bonchev–Trinajstić information content (AvgIpc) is 3.05. The summed E-state index contributed by atoms with van der Waals surface area (Å²) in [6.07, 6.45) is 9.47. The Morgan fingerprint density at radius 2 is 2.14 bits per heavy atom. The van der Waals surface area contributed by atoms with Gasteiger partial charge in [-0.1, -0.05) is 12.7 Å². The van der Waals surface area contributed by atoms with Crippen LogP contribution in [0.4, 0.5) is 11.4 Å². The molecule has 1 aromatic rings. The topological polar surface area (TPSA) is 91.3 Å². The van der Waals surface area contributed by atoms with Crippen molar-refractivity contribution in [2.45, 2.75) is 19.8 Å². The second-order valence-electron chi connectivity index (χ2n) is 9.12. The van der Waals surface area contributed by atoms with E-state index < -0.39 is 0 Å². The molecule has 0 bridgehead atoms. The number of methoxy groups -OCH3 is 1. The third kappa shape index (κ3) is 5.96. The maximum atomic E-state index is 12.4. The SMILES string of the molecule is C=N/C=C1/CCN(c2cnc3c(c2C)NCCO3)C/C1=C/C(=C)/C=C1/CCN(CCOC)C(=O)CN1. The van der Waals surface area contributed by atoms with Crippen molar-refractivity contribution in [2.24, 2.45) is 4.99 Å². The fraction of sp³-hybridized carbons (Fsp3) is 0.444. The van der Waals surface area contributed by atoms with Gasteiger partial charge in [-0.25, -0.2) is 4.98 Å². The van der Waals surface area contributed by atoms with E-state index in [0.29, 0.717) is 38.7 Å². The number of fused-ring (bicyclic) bond motifs is 1. The molecule has 3 aliphatic heterocycles. The number of ether oxygens (including phenoxy) is 2. The molecule has 2 fully saturated rings. The molecule has 192 valence electrons. The van der Waals surface area contributed by atoms with Gasteiger partial charge in [-0.05, 0) is 42.9 Å². The van der Waals surface area contributed by atoms with Gasteiger partial charge in [0.1, 0.15) is 12.3 Å². The Hall–Kier alpha value is -3.59. The number of hydrogen-bond donors (Lipinski definition) is 2. The van der Waals surface area contributed by atoms with E-state index in [-0.39, 0.29) is 12.5 Å². The number of aliphatic imine (C=N–C) groups is 1. The van der Waals surface area contributed by atoms with Crippen molar-refractivity contribution in [3.63, 3.8) is 0 Å².